The molecular weight excluding hydrogens is 247 g/mol. The normalized spacial score (nSPS) is 10.5. The van der Waals surface area contributed by atoms with Crippen molar-refractivity contribution in [1.29, 1.82) is 0 Å². The molecule has 0 aliphatic rings. The van der Waals surface area contributed by atoms with Crippen LogP contribution in [0.1, 0.15) is 27.3 Å². The summed E-state index contributed by atoms with van der Waals surface area (Å²) in [5.74, 6) is -0.192. The molecule has 19 heavy (non-hydrogen) atoms. The van der Waals surface area contributed by atoms with Gasteiger partial charge < -0.3 is 4.74 Å². The van der Waals surface area contributed by atoms with Crippen LogP contribution in [0.4, 0.5) is 4.39 Å². The van der Waals surface area contributed by atoms with Gasteiger partial charge >= 0.3 is 0 Å². The maximum absolute atomic E-state index is 13.6. The van der Waals surface area contributed by atoms with Gasteiger partial charge in [-0.3, -0.25) is 9.48 Å². The molecule has 2 rings (SSSR count). The fourth-order valence-electron chi connectivity index (χ4n) is 2.02. The second-order valence-electron chi connectivity index (χ2n) is 4.33. The molecule has 0 fully saturated rings. The second kappa shape index (κ2) is 5.22. The van der Waals surface area contributed by atoms with E-state index in [9.17, 15) is 9.18 Å². The number of halogens is 1. The van der Waals surface area contributed by atoms with Gasteiger partial charge in [0.2, 0.25) is 0 Å². The molecule has 0 saturated heterocycles. The van der Waals surface area contributed by atoms with E-state index >= 15 is 0 Å². The van der Waals surface area contributed by atoms with Crippen molar-refractivity contribution < 1.29 is 13.9 Å². The molecule has 2 aromatic rings. The third-order valence-electron chi connectivity index (χ3n) is 3.10. The molecule has 0 spiro atoms. The molecule has 1 aromatic heterocycles. The van der Waals surface area contributed by atoms with Crippen molar-refractivity contribution in [2.24, 2.45) is 0 Å². The molecule has 0 aliphatic heterocycles. The summed E-state index contributed by atoms with van der Waals surface area (Å²) in [5, 5.41) is 4.28. The minimum Gasteiger partial charge on any atom is -0.494 e. The first-order valence-corrected chi connectivity index (χ1v) is 5.88. The zero-order valence-corrected chi connectivity index (χ0v) is 11.1. The van der Waals surface area contributed by atoms with Crippen LogP contribution >= 0.6 is 0 Å². The molecular formula is C14H15FN2O2. The molecule has 1 heterocycles. The van der Waals surface area contributed by atoms with Crippen molar-refractivity contribution >= 4 is 6.29 Å². The van der Waals surface area contributed by atoms with Crippen LogP contribution in [0.15, 0.2) is 18.2 Å². The Labute approximate surface area is 110 Å². The summed E-state index contributed by atoms with van der Waals surface area (Å²) in [6, 6.07) is 4.77. The van der Waals surface area contributed by atoms with Crippen LogP contribution in [0, 0.1) is 19.7 Å². The largest absolute Gasteiger partial charge is 0.494 e. The highest BCUT2D eigenvalue weighted by molar-refractivity contribution is 5.78. The molecule has 0 bridgehead atoms. The van der Waals surface area contributed by atoms with Crippen LogP contribution < -0.4 is 4.74 Å². The van der Waals surface area contributed by atoms with E-state index in [4.69, 9.17) is 4.74 Å². The minimum atomic E-state index is -0.405. The number of hydrogen-bond donors (Lipinski definition) is 0. The highest BCUT2D eigenvalue weighted by Crippen LogP contribution is 2.19. The molecule has 0 amide bonds. The van der Waals surface area contributed by atoms with Crippen LogP contribution in [0.5, 0.6) is 5.75 Å². The number of carbonyl (C=O) groups excluding carboxylic acids is 1. The maximum atomic E-state index is 13.6. The van der Waals surface area contributed by atoms with E-state index in [2.05, 4.69) is 5.10 Å². The van der Waals surface area contributed by atoms with Gasteiger partial charge in [-0.05, 0) is 31.5 Å². The van der Waals surface area contributed by atoms with Crippen molar-refractivity contribution in [1.82, 2.24) is 9.78 Å². The number of aldehydes is 1. The molecule has 0 saturated carbocycles. The van der Waals surface area contributed by atoms with Gasteiger partial charge in [0, 0.05) is 5.69 Å². The van der Waals surface area contributed by atoms with E-state index in [0.29, 0.717) is 17.8 Å². The molecule has 0 radical (unpaired) electrons. The Balaban J connectivity index is 2.31. The van der Waals surface area contributed by atoms with Crippen molar-refractivity contribution in [2.75, 3.05) is 7.11 Å². The number of nitrogens with zero attached hydrogens (tertiary/aromatic N) is 2. The van der Waals surface area contributed by atoms with Crippen molar-refractivity contribution in [3.63, 3.8) is 0 Å². The fourth-order valence-corrected chi connectivity index (χ4v) is 2.02. The Morgan fingerprint density at radius 3 is 2.68 bits per heavy atom. The lowest BCUT2D eigenvalue weighted by Crippen LogP contribution is -2.05. The summed E-state index contributed by atoms with van der Waals surface area (Å²) in [6.07, 6.45) is 0.794. The highest BCUT2D eigenvalue weighted by atomic mass is 19.1. The number of methoxy groups -OCH3 is 1. The smallest absolute Gasteiger partial charge is 0.165 e. The number of carbonyl (C=O) groups is 1. The Hall–Kier alpha value is -2.17. The van der Waals surface area contributed by atoms with Crippen molar-refractivity contribution in [2.45, 2.75) is 20.4 Å². The van der Waals surface area contributed by atoms with Crippen LogP contribution in [-0.4, -0.2) is 23.2 Å². The lowest BCUT2D eigenvalue weighted by molar-refractivity contribution is 0.112. The number of aryl methyl sites for hydroxylation is 1. The Bertz CT molecular complexity index is 620. The van der Waals surface area contributed by atoms with E-state index in [1.54, 1.807) is 23.7 Å². The van der Waals surface area contributed by atoms with Gasteiger partial charge in [0.25, 0.3) is 0 Å². The van der Waals surface area contributed by atoms with Gasteiger partial charge in [-0.25, -0.2) is 4.39 Å². The molecule has 0 aliphatic carbocycles. The van der Waals surface area contributed by atoms with Crippen LogP contribution in [0.25, 0.3) is 0 Å². The summed E-state index contributed by atoms with van der Waals surface area (Å²) in [7, 11) is 1.43. The predicted octanol–water partition coefficient (Wildman–Crippen LogP) is 2.51. The van der Waals surface area contributed by atoms with E-state index < -0.39 is 5.82 Å². The third-order valence-corrected chi connectivity index (χ3v) is 3.10. The number of benzene rings is 1. The average molecular weight is 262 g/mol. The molecule has 5 heteroatoms. The van der Waals surface area contributed by atoms with Gasteiger partial charge in [-0.1, -0.05) is 6.07 Å². The summed E-state index contributed by atoms with van der Waals surface area (Å²) < 4.78 is 20.2. The maximum Gasteiger partial charge on any atom is 0.165 e. The standard InChI is InChI=1S/C14H15FN2O2/c1-9-12(8-18)10(2)17(16-9)7-11-4-5-14(19-3)13(15)6-11/h4-6,8H,7H2,1-3H3. The zero-order valence-electron chi connectivity index (χ0n) is 11.1. The SMILES string of the molecule is COc1ccc(Cn2nc(C)c(C=O)c2C)cc1F. The second-order valence-corrected chi connectivity index (χ2v) is 4.33. The molecule has 4 nitrogen and oxygen atoms in total. The first-order valence-electron chi connectivity index (χ1n) is 5.88. The van der Waals surface area contributed by atoms with Gasteiger partial charge in [0.15, 0.2) is 17.9 Å². The first kappa shape index (κ1) is 13.3. The van der Waals surface area contributed by atoms with Gasteiger partial charge in [0.1, 0.15) is 0 Å². The van der Waals surface area contributed by atoms with Crippen molar-refractivity contribution in [3.8, 4) is 5.75 Å². The number of aromatic nitrogens is 2. The van der Waals surface area contributed by atoms with Crippen molar-refractivity contribution in [3.05, 3.63) is 46.5 Å². The van der Waals surface area contributed by atoms with Crippen LogP contribution in [-0.2, 0) is 6.54 Å². The highest BCUT2D eigenvalue weighted by Gasteiger charge is 2.11. The first-order chi connectivity index (χ1) is 9.06. The van der Waals surface area contributed by atoms with Crippen LogP contribution in [0.2, 0.25) is 0 Å². The molecule has 1 aromatic carbocycles. The quantitative estimate of drug-likeness (QED) is 0.795. The summed E-state index contributed by atoms with van der Waals surface area (Å²) in [4.78, 5) is 10.9. The summed E-state index contributed by atoms with van der Waals surface area (Å²) in [6.45, 7) is 4.02. The zero-order chi connectivity index (χ0) is 14.0. The lowest BCUT2D eigenvalue weighted by atomic mass is 10.2. The van der Waals surface area contributed by atoms with Crippen LogP contribution in [0.3, 0.4) is 0 Å². The minimum absolute atomic E-state index is 0.214. The van der Waals surface area contributed by atoms with E-state index in [1.807, 2.05) is 6.92 Å². The third kappa shape index (κ3) is 2.50. The number of rotatable bonds is 4. The van der Waals surface area contributed by atoms with E-state index in [0.717, 1.165) is 17.5 Å². The van der Waals surface area contributed by atoms with E-state index in [1.165, 1.54) is 13.2 Å². The summed E-state index contributed by atoms with van der Waals surface area (Å²) >= 11 is 0. The fraction of sp³-hybridized carbons (Fsp3) is 0.286. The molecule has 0 atom stereocenters. The predicted molar refractivity (Wildman–Crippen MR) is 69.1 cm³/mol. The monoisotopic (exact) mass is 262 g/mol. The topological polar surface area (TPSA) is 44.1 Å². The molecule has 0 N–H and O–H groups in total. The van der Waals surface area contributed by atoms with E-state index in [-0.39, 0.29) is 5.75 Å². The average Bonchev–Trinajstić information content (AvgIpc) is 2.64. The number of hydrogen-bond acceptors (Lipinski definition) is 3. The summed E-state index contributed by atoms with van der Waals surface area (Å²) in [5.41, 5.74) is 2.82. The Morgan fingerprint density at radius 1 is 1.42 bits per heavy atom. The number of ether oxygens (including phenoxy) is 1. The Kier molecular flexibility index (Phi) is 3.64. The Morgan fingerprint density at radius 2 is 2.16 bits per heavy atom. The molecule has 100 valence electrons. The molecule has 0 unspecified atom stereocenters. The van der Waals surface area contributed by atoms with Gasteiger partial charge in [-0.15, -0.1) is 0 Å². The van der Waals surface area contributed by atoms with Gasteiger partial charge in [-0.2, -0.15) is 5.10 Å². The lowest BCUT2D eigenvalue weighted by Gasteiger charge is -2.07. The van der Waals surface area contributed by atoms with Gasteiger partial charge in [0.05, 0.1) is 24.9 Å².